The highest BCUT2D eigenvalue weighted by Gasteiger charge is 2.02. The van der Waals surface area contributed by atoms with Crippen LogP contribution in [0.3, 0.4) is 0 Å². The van der Waals surface area contributed by atoms with E-state index in [1.807, 2.05) is 25.1 Å². The quantitative estimate of drug-likeness (QED) is 0.282. The van der Waals surface area contributed by atoms with Gasteiger partial charge in [0.25, 0.3) is 0 Å². The third kappa shape index (κ3) is 4.90. The van der Waals surface area contributed by atoms with Crippen LogP contribution in [0.15, 0.2) is 52.7 Å². The Labute approximate surface area is 134 Å². The summed E-state index contributed by atoms with van der Waals surface area (Å²) in [6.45, 7) is 10.1. The molecule has 0 atom stereocenters. The van der Waals surface area contributed by atoms with Crippen molar-refractivity contribution < 1.29 is 9.53 Å². The minimum absolute atomic E-state index is 0.344. The Bertz CT molecular complexity index is 800. The van der Waals surface area contributed by atoms with E-state index < -0.39 is 0 Å². The lowest BCUT2D eigenvalue weighted by molar-refractivity contribution is -0.131. The van der Waals surface area contributed by atoms with E-state index in [-0.39, 0.29) is 5.97 Å². The van der Waals surface area contributed by atoms with Crippen LogP contribution in [-0.4, -0.2) is 18.4 Å². The smallest absolute Gasteiger partial charge is 0.308 e. The van der Waals surface area contributed by atoms with Crippen molar-refractivity contribution in [2.75, 3.05) is 0 Å². The van der Waals surface area contributed by atoms with Crippen LogP contribution >= 0.6 is 0 Å². The summed E-state index contributed by atoms with van der Waals surface area (Å²) in [5, 5.41) is 7.96. The van der Waals surface area contributed by atoms with E-state index >= 15 is 0 Å². The molecule has 0 heterocycles. The summed E-state index contributed by atoms with van der Waals surface area (Å²) < 4.78 is 5.07. The zero-order valence-electron chi connectivity index (χ0n) is 12.9. The molecule has 0 saturated carbocycles. The molecule has 0 aromatic heterocycles. The predicted octanol–water partition coefficient (Wildman–Crippen LogP) is 3.92. The topological polar surface area (TPSA) is 55.4 Å². The second-order valence-corrected chi connectivity index (χ2v) is 4.81. The molecular weight excluding hydrogens is 290 g/mol. The highest BCUT2D eigenvalue weighted by Crippen LogP contribution is 2.18. The summed E-state index contributed by atoms with van der Waals surface area (Å²) in [6.07, 6.45) is 3.23. The number of carbonyl (C=O) groups is 1. The Morgan fingerprint density at radius 2 is 1.70 bits per heavy atom. The SMILES string of the molecule is [C-]#[N+]c1ccc(/C=N\N=C/c2ccc(OC(C)=O)c(C)c2)cc1. The van der Waals surface area contributed by atoms with Crippen LogP contribution in [0.1, 0.15) is 23.6 Å². The van der Waals surface area contributed by atoms with Gasteiger partial charge >= 0.3 is 5.97 Å². The average Bonchev–Trinajstić information content (AvgIpc) is 2.54. The number of benzene rings is 2. The standard InChI is InChI=1S/C18H15N3O2/c1-13-10-16(6-9-18(13)23-14(2)22)12-21-20-11-15-4-7-17(19-3)8-5-15/h4-12H,1-2H3/b20-11-,21-12-. The van der Waals surface area contributed by atoms with Crippen LogP contribution < -0.4 is 4.74 Å². The number of esters is 1. The highest BCUT2D eigenvalue weighted by atomic mass is 16.5. The molecular formula is C18H15N3O2. The van der Waals surface area contributed by atoms with Crippen LogP contribution in [0.4, 0.5) is 5.69 Å². The van der Waals surface area contributed by atoms with Gasteiger partial charge in [0.05, 0.1) is 19.0 Å². The maximum absolute atomic E-state index is 11.0. The van der Waals surface area contributed by atoms with E-state index in [4.69, 9.17) is 11.3 Å². The van der Waals surface area contributed by atoms with E-state index in [1.54, 1.807) is 36.7 Å². The first-order chi connectivity index (χ1) is 11.1. The fraction of sp³-hybridized carbons (Fsp3) is 0.111. The lowest BCUT2D eigenvalue weighted by Gasteiger charge is -2.05. The minimum Gasteiger partial charge on any atom is -0.426 e. The van der Waals surface area contributed by atoms with Gasteiger partial charge in [-0.3, -0.25) is 4.79 Å². The normalized spacial score (nSPS) is 10.8. The lowest BCUT2D eigenvalue weighted by atomic mass is 10.1. The first-order valence-electron chi connectivity index (χ1n) is 6.91. The van der Waals surface area contributed by atoms with E-state index in [9.17, 15) is 4.79 Å². The number of hydrogen-bond donors (Lipinski definition) is 0. The molecule has 0 aliphatic rings. The van der Waals surface area contributed by atoms with E-state index in [0.29, 0.717) is 11.4 Å². The summed E-state index contributed by atoms with van der Waals surface area (Å²) in [6, 6.07) is 12.5. The summed E-state index contributed by atoms with van der Waals surface area (Å²) in [5.74, 6) is 0.196. The van der Waals surface area contributed by atoms with Crippen LogP contribution in [0.2, 0.25) is 0 Å². The maximum atomic E-state index is 11.0. The molecule has 0 spiro atoms. The second kappa shape index (κ2) is 7.66. The van der Waals surface area contributed by atoms with Crippen molar-refractivity contribution >= 4 is 24.1 Å². The zero-order valence-corrected chi connectivity index (χ0v) is 12.9. The number of ether oxygens (including phenoxy) is 1. The molecule has 0 N–H and O–H groups in total. The van der Waals surface area contributed by atoms with Gasteiger partial charge in [0, 0.05) is 6.92 Å². The Morgan fingerprint density at radius 1 is 1.09 bits per heavy atom. The number of nitrogens with zero attached hydrogens (tertiary/aromatic N) is 3. The molecule has 0 bridgehead atoms. The van der Waals surface area contributed by atoms with Gasteiger partial charge in [-0.25, -0.2) is 4.85 Å². The van der Waals surface area contributed by atoms with Gasteiger partial charge in [0.2, 0.25) is 0 Å². The van der Waals surface area contributed by atoms with E-state index in [1.165, 1.54) is 6.92 Å². The summed E-state index contributed by atoms with van der Waals surface area (Å²) in [4.78, 5) is 14.3. The molecule has 0 radical (unpaired) electrons. The molecule has 23 heavy (non-hydrogen) atoms. The summed E-state index contributed by atoms with van der Waals surface area (Å²) in [7, 11) is 0. The van der Waals surface area contributed by atoms with Crippen LogP contribution in [0.5, 0.6) is 5.75 Å². The minimum atomic E-state index is -0.344. The Morgan fingerprint density at radius 3 is 2.26 bits per heavy atom. The third-order valence-corrected chi connectivity index (χ3v) is 2.96. The van der Waals surface area contributed by atoms with E-state index in [2.05, 4.69) is 15.0 Å². The largest absolute Gasteiger partial charge is 0.426 e. The molecule has 0 saturated heterocycles. The number of rotatable bonds is 4. The van der Waals surface area contributed by atoms with Gasteiger partial charge in [-0.05, 0) is 41.8 Å². The van der Waals surface area contributed by atoms with Crippen molar-refractivity contribution in [3.8, 4) is 5.75 Å². The van der Waals surface area contributed by atoms with Gasteiger partial charge in [-0.15, -0.1) is 0 Å². The maximum Gasteiger partial charge on any atom is 0.308 e. The predicted molar refractivity (Wildman–Crippen MR) is 90.4 cm³/mol. The van der Waals surface area contributed by atoms with Crippen molar-refractivity contribution in [3.05, 3.63) is 70.6 Å². The third-order valence-electron chi connectivity index (χ3n) is 2.96. The molecule has 0 fully saturated rings. The molecule has 0 aliphatic carbocycles. The number of aryl methyl sites for hydroxylation is 1. The van der Waals surface area contributed by atoms with E-state index in [0.717, 1.165) is 16.7 Å². The molecule has 2 rings (SSSR count). The van der Waals surface area contributed by atoms with Gasteiger partial charge in [0.1, 0.15) is 5.75 Å². The molecule has 5 heteroatoms. The van der Waals surface area contributed by atoms with Gasteiger partial charge in [-0.2, -0.15) is 10.2 Å². The molecule has 2 aromatic rings. The molecule has 0 aliphatic heterocycles. The Kier molecular flexibility index (Phi) is 5.37. The summed E-state index contributed by atoms with van der Waals surface area (Å²) in [5.41, 5.74) is 3.17. The van der Waals surface area contributed by atoms with Crippen LogP contribution in [0, 0.1) is 13.5 Å². The monoisotopic (exact) mass is 305 g/mol. The Balaban J connectivity index is 2.02. The molecule has 0 unspecified atom stereocenters. The molecule has 2 aromatic carbocycles. The van der Waals surface area contributed by atoms with Crippen LogP contribution in [0.25, 0.3) is 4.85 Å². The fourth-order valence-corrected chi connectivity index (χ4v) is 1.86. The number of carbonyl (C=O) groups excluding carboxylic acids is 1. The van der Waals surface area contributed by atoms with Crippen molar-refractivity contribution in [2.24, 2.45) is 10.2 Å². The van der Waals surface area contributed by atoms with Crippen molar-refractivity contribution in [1.29, 1.82) is 0 Å². The fourth-order valence-electron chi connectivity index (χ4n) is 1.86. The molecule has 5 nitrogen and oxygen atoms in total. The van der Waals surface area contributed by atoms with Crippen LogP contribution in [-0.2, 0) is 4.79 Å². The van der Waals surface area contributed by atoms with Gasteiger partial charge < -0.3 is 4.74 Å². The zero-order chi connectivity index (χ0) is 16.7. The first kappa shape index (κ1) is 16.1. The van der Waals surface area contributed by atoms with Gasteiger partial charge in [0.15, 0.2) is 5.69 Å². The van der Waals surface area contributed by atoms with Gasteiger partial charge in [-0.1, -0.05) is 24.3 Å². The Hall–Kier alpha value is -3.26. The second-order valence-electron chi connectivity index (χ2n) is 4.81. The average molecular weight is 305 g/mol. The van der Waals surface area contributed by atoms with Crippen molar-refractivity contribution in [3.63, 3.8) is 0 Å². The lowest BCUT2D eigenvalue weighted by Crippen LogP contribution is -2.02. The number of hydrogen-bond acceptors (Lipinski definition) is 4. The van der Waals surface area contributed by atoms with Crippen molar-refractivity contribution in [1.82, 2.24) is 0 Å². The first-order valence-corrected chi connectivity index (χ1v) is 6.91. The molecule has 114 valence electrons. The van der Waals surface area contributed by atoms with Crippen molar-refractivity contribution in [2.45, 2.75) is 13.8 Å². The molecule has 0 amide bonds. The highest BCUT2D eigenvalue weighted by molar-refractivity contribution is 5.83. The summed E-state index contributed by atoms with van der Waals surface area (Å²) >= 11 is 0.